The summed E-state index contributed by atoms with van der Waals surface area (Å²) in [7, 11) is 1.47. The maximum absolute atomic E-state index is 14.0. The van der Waals surface area contributed by atoms with E-state index in [-0.39, 0.29) is 41.1 Å². The molecule has 0 aliphatic carbocycles. The molecule has 0 spiro atoms. The maximum atomic E-state index is 14.0. The van der Waals surface area contributed by atoms with Gasteiger partial charge in [0, 0.05) is 48.3 Å². The summed E-state index contributed by atoms with van der Waals surface area (Å²) in [4.78, 5) is 21.0. The lowest BCUT2D eigenvalue weighted by molar-refractivity contribution is -0.140. The number of aromatic amines is 1. The Morgan fingerprint density at radius 2 is 1.95 bits per heavy atom. The Hall–Kier alpha value is -3.61. The number of piperazine rings is 1. The van der Waals surface area contributed by atoms with Crippen molar-refractivity contribution in [2.24, 2.45) is 0 Å². The number of aromatic nitrogens is 3. The van der Waals surface area contributed by atoms with Crippen LogP contribution in [-0.2, 0) is 15.7 Å². The molecule has 41 heavy (non-hydrogen) atoms. The second-order valence-electron chi connectivity index (χ2n) is 9.95. The van der Waals surface area contributed by atoms with Crippen LogP contribution in [0.3, 0.4) is 0 Å². The molecule has 3 heterocycles. The van der Waals surface area contributed by atoms with Gasteiger partial charge in [0.1, 0.15) is 11.5 Å². The van der Waals surface area contributed by atoms with Gasteiger partial charge in [-0.05, 0) is 55.3 Å². The molecule has 0 unspecified atom stereocenters. The number of H-pyrrole nitrogens is 1. The van der Waals surface area contributed by atoms with Gasteiger partial charge in [0.2, 0.25) is 11.8 Å². The van der Waals surface area contributed by atoms with E-state index in [0.717, 1.165) is 17.0 Å². The Morgan fingerprint density at radius 1 is 1.22 bits per heavy atom. The number of aromatic hydroxyl groups is 1. The number of hydrogen-bond acceptors (Lipinski definition) is 7. The van der Waals surface area contributed by atoms with Gasteiger partial charge >= 0.3 is 6.18 Å². The van der Waals surface area contributed by atoms with Crippen LogP contribution in [0, 0.1) is 0 Å². The number of fused-ring (bicyclic) bond motifs is 1. The zero-order chi connectivity index (χ0) is 29.5. The molecule has 1 amide bonds. The van der Waals surface area contributed by atoms with Gasteiger partial charge in [-0.25, -0.2) is 0 Å². The fourth-order valence-electron chi connectivity index (χ4n) is 5.23. The van der Waals surface area contributed by atoms with Gasteiger partial charge in [-0.3, -0.25) is 9.89 Å². The molecule has 8 nitrogen and oxygen atoms in total. The van der Waals surface area contributed by atoms with Crippen LogP contribution in [0.25, 0.3) is 22.6 Å². The summed E-state index contributed by atoms with van der Waals surface area (Å²) in [6.07, 6.45) is -1.64. The smallest absolute Gasteiger partial charge is 0.417 e. The normalized spacial score (nSPS) is 18.4. The van der Waals surface area contributed by atoms with Gasteiger partial charge < -0.3 is 19.6 Å². The maximum Gasteiger partial charge on any atom is 0.417 e. The molecule has 2 N–H and O–H groups in total. The lowest BCUT2D eigenvalue weighted by Crippen LogP contribution is -2.59. The summed E-state index contributed by atoms with van der Waals surface area (Å²) in [5.74, 6) is -0.414. The number of carbonyl (C=O) groups is 1. The largest absolute Gasteiger partial charge is 0.492 e. The Kier molecular flexibility index (Phi) is 8.00. The van der Waals surface area contributed by atoms with Crippen molar-refractivity contribution in [3.63, 3.8) is 0 Å². The predicted octanol–water partition coefficient (Wildman–Crippen LogP) is 6.06. The molecule has 4 aromatic rings. The highest BCUT2D eigenvalue weighted by molar-refractivity contribution is 7.17. The number of nitrogens with one attached hydrogen (secondary N) is 1. The molecule has 0 bridgehead atoms. The number of rotatable bonds is 6. The highest BCUT2D eigenvalue weighted by Crippen LogP contribution is 2.43. The fraction of sp³-hybridized carbons (Fsp3) is 0.321. The number of methoxy groups -OCH3 is 1. The molecule has 0 radical (unpaired) electrons. The zero-order valence-electron chi connectivity index (χ0n) is 22.4. The molecule has 5 rings (SSSR count). The van der Waals surface area contributed by atoms with E-state index in [1.165, 1.54) is 36.7 Å². The number of amides is 1. The van der Waals surface area contributed by atoms with Gasteiger partial charge in [-0.1, -0.05) is 35.1 Å². The molecule has 0 saturated carbocycles. The van der Waals surface area contributed by atoms with Gasteiger partial charge in [-0.2, -0.15) is 23.3 Å². The first kappa shape index (κ1) is 28.9. The van der Waals surface area contributed by atoms with Crippen LogP contribution in [0.5, 0.6) is 5.88 Å². The number of alkyl halides is 3. The van der Waals surface area contributed by atoms with Crippen molar-refractivity contribution in [1.82, 2.24) is 20.1 Å². The number of benzene rings is 2. The predicted molar refractivity (Wildman–Crippen MR) is 153 cm³/mol. The summed E-state index contributed by atoms with van der Waals surface area (Å²) >= 11 is 7.09. The molecule has 13 heteroatoms. The van der Waals surface area contributed by atoms with Crippen molar-refractivity contribution in [3.05, 3.63) is 69.2 Å². The van der Waals surface area contributed by atoms with Gasteiger partial charge in [-0.15, -0.1) is 0 Å². The lowest BCUT2D eigenvalue weighted by atomic mass is 9.98. The minimum Gasteiger partial charge on any atom is -0.492 e. The standard InChI is InChI=1S/C28H27ClF3N5O3S/c1-15-12-36(13-16(2)37(15)24(38)14-40-3)27-34-26(39)25(41-27)21(17-5-7-23-19(8-17)11-33-35-23)9-18-4-6-20(29)10-22(18)28(30,31)32/h4-11,15-16,39H,12-14H2,1-3H3,(H,33,35)/t15-,16+. The third kappa shape index (κ3) is 5.90. The van der Waals surface area contributed by atoms with Crippen LogP contribution >= 0.6 is 22.9 Å². The van der Waals surface area contributed by atoms with Crippen LogP contribution < -0.4 is 4.90 Å². The minimum atomic E-state index is -4.65. The summed E-state index contributed by atoms with van der Waals surface area (Å²) in [6, 6.07) is 8.59. The van der Waals surface area contributed by atoms with Gasteiger partial charge in [0.25, 0.3) is 0 Å². The Labute approximate surface area is 243 Å². The zero-order valence-corrected chi connectivity index (χ0v) is 23.9. The van der Waals surface area contributed by atoms with Crippen molar-refractivity contribution in [3.8, 4) is 5.88 Å². The first-order valence-electron chi connectivity index (χ1n) is 12.7. The molecule has 216 valence electrons. The number of nitrogens with zero attached hydrogens (tertiary/aromatic N) is 4. The van der Waals surface area contributed by atoms with E-state index in [9.17, 15) is 23.1 Å². The highest BCUT2D eigenvalue weighted by atomic mass is 35.5. The number of carbonyl (C=O) groups excluding carboxylic acids is 1. The number of thiazole rings is 1. The van der Waals surface area contributed by atoms with Gasteiger partial charge in [0.15, 0.2) is 5.13 Å². The van der Waals surface area contributed by atoms with E-state index >= 15 is 0 Å². The van der Waals surface area contributed by atoms with Crippen molar-refractivity contribution < 1.29 is 27.8 Å². The van der Waals surface area contributed by atoms with Crippen LogP contribution in [0.4, 0.5) is 18.3 Å². The van der Waals surface area contributed by atoms with Crippen molar-refractivity contribution >= 4 is 56.5 Å². The molecule has 1 fully saturated rings. The van der Waals surface area contributed by atoms with Gasteiger partial charge in [0.05, 0.1) is 17.3 Å². The van der Waals surface area contributed by atoms with E-state index in [4.69, 9.17) is 16.3 Å². The Balaban J connectivity index is 1.59. The average Bonchev–Trinajstić information content (AvgIpc) is 3.53. The molecule has 2 atom stereocenters. The molecule has 1 aliphatic heterocycles. The Bertz CT molecular complexity index is 1610. The van der Waals surface area contributed by atoms with E-state index in [1.807, 2.05) is 18.7 Å². The van der Waals surface area contributed by atoms with Crippen LogP contribution in [-0.4, -0.2) is 70.0 Å². The number of anilines is 1. The quantitative estimate of drug-likeness (QED) is 0.260. The summed E-state index contributed by atoms with van der Waals surface area (Å²) in [5.41, 5.74) is 0.691. The third-order valence-corrected chi connectivity index (χ3v) is 8.33. The monoisotopic (exact) mass is 605 g/mol. The highest BCUT2D eigenvalue weighted by Gasteiger charge is 2.35. The number of ether oxygens (including phenoxy) is 1. The number of hydrogen-bond donors (Lipinski definition) is 2. The summed E-state index contributed by atoms with van der Waals surface area (Å²) < 4.78 is 47.0. The second-order valence-corrected chi connectivity index (χ2v) is 11.4. The van der Waals surface area contributed by atoms with E-state index in [0.29, 0.717) is 34.2 Å². The molecule has 2 aromatic carbocycles. The third-order valence-electron chi connectivity index (χ3n) is 6.96. The van der Waals surface area contributed by atoms with Crippen LogP contribution in [0.2, 0.25) is 5.02 Å². The number of halogens is 4. The fourth-order valence-corrected chi connectivity index (χ4v) is 6.41. The SMILES string of the molecule is COCC(=O)N1[C@H](C)CN(c2nc(O)c(C(=Cc3ccc(Cl)cc3C(F)(F)F)c3ccc4[nH]ncc4c3)s2)C[C@@H]1C. The van der Waals surface area contributed by atoms with Crippen molar-refractivity contribution in [2.45, 2.75) is 32.1 Å². The first-order valence-corrected chi connectivity index (χ1v) is 13.9. The molecular formula is C28H27ClF3N5O3S. The minimum absolute atomic E-state index is 0.0172. The molecule has 1 aliphatic rings. The molecule has 2 aromatic heterocycles. The van der Waals surface area contributed by atoms with E-state index in [1.54, 1.807) is 29.3 Å². The lowest BCUT2D eigenvalue weighted by Gasteiger charge is -2.44. The van der Waals surface area contributed by atoms with Crippen LogP contribution in [0.15, 0.2) is 42.6 Å². The van der Waals surface area contributed by atoms with E-state index in [2.05, 4.69) is 15.2 Å². The topological polar surface area (TPSA) is 94.6 Å². The van der Waals surface area contributed by atoms with Crippen LogP contribution in [0.1, 0.15) is 35.4 Å². The average molecular weight is 606 g/mol. The first-order chi connectivity index (χ1) is 19.5. The summed E-state index contributed by atoms with van der Waals surface area (Å²) in [5, 5.41) is 19.2. The molecule has 1 saturated heterocycles. The second kappa shape index (κ2) is 11.3. The van der Waals surface area contributed by atoms with E-state index < -0.39 is 11.7 Å². The molecular weight excluding hydrogens is 579 g/mol. The van der Waals surface area contributed by atoms with Crippen molar-refractivity contribution in [1.29, 1.82) is 0 Å². The summed E-state index contributed by atoms with van der Waals surface area (Å²) in [6.45, 7) is 4.75. The Morgan fingerprint density at radius 3 is 2.63 bits per heavy atom. The van der Waals surface area contributed by atoms with Crippen molar-refractivity contribution in [2.75, 3.05) is 31.7 Å².